The third-order valence-corrected chi connectivity index (χ3v) is 6.73. The highest BCUT2D eigenvalue weighted by Crippen LogP contribution is 2.38. The summed E-state index contributed by atoms with van der Waals surface area (Å²) in [6.07, 6.45) is 3.15. The van der Waals surface area contributed by atoms with Crippen LogP contribution in [0.5, 0.6) is 0 Å². The Morgan fingerprint density at radius 1 is 1.03 bits per heavy atom. The van der Waals surface area contributed by atoms with Crippen molar-refractivity contribution in [1.82, 2.24) is 14.7 Å². The first-order valence-electron chi connectivity index (χ1n) is 11.3. The molecule has 3 amide bonds. The monoisotopic (exact) mass is 467 g/mol. The summed E-state index contributed by atoms with van der Waals surface area (Å²) < 4.78 is 5.15. The first kappa shape index (κ1) is 23.5. The second kappa shape index (κ2) is 10.5. The number of rotatable bonds is 8. The standard InChI is InChI=1S/C26H30ClN3O3/c1-33-17-16-29-24(31)26(30(25(29)32)19-22-10-6-3-7-11-22)12-14-28(15-13-26)20-23(27)18-21-8-4-2-5-9-21/h2-11,18H,12-17,19-20H2,1H3/b23-18-. The number of imide groups is 1. The number of halogens is 1. The van der Waals surface area contributed by atoms with Crippen molar-refractivity contribution in [3.63, 3.8) is 0 Å². The van der Waals surface area contributed by atoms with E-state index in [0.717, 1.165) is 16.2 Å². The van der Waals surface area contributed by atoms with Crippen LogP contribution in [0.1, 0.15) is 24.0 Å². The van der Waals surface area contributed by atoms with Crippen LogP contribution in [0.25, 0.3) is 6.08 Å². The molecule has 0 radical (unpaired) electrons. The summed E-state index contributed by atoms with van der Waals surface area (Å²) >= 11 is 6.53. The molecule has 0 saturated carbocycles. The van der Waals surface area contributed by atoms with Gasteiger partial charge in [0, 0.05) is 38.3 Å². The molecule has 2 heterocycles. The molecule has 0 aliphatic carbocycles. The molecular weight excluding hydrogens is 438 g/mol. The number of hydrogen-bond acceptors (Lipinski definition) is 4. The lowest BCUT2D eigenvalue weighted by molar-refractivity contribution is -0.136. The van der Waals surface area contributed by atoms with Crippen molar-refractivity contribution in [1.29, 1.82) is 0 Å². The van der Waals surface area contributed by atoms with Gasteiger partial charge in [0.25, 0.3) is 5.91 Å². The minimum absolute atomic E-state index is 0.106. The smallest absolute Gasteiger partial charge is 0.328 e. The van der Waals surface area contributed by atoms with Crippen LogP contribution in [0.4, 0.5) is 4.79 Å². The number of nitrogens with zero attached hydrogens (tertiary/aromatic N) is 3. The molecule has 2 aliphatic rings. The average molecular weight is 468 g/mol. The summed E-state index contributed by atoms with van der Waals surface area (Å²) in [5, 5.41) is 0.758. The zero-order valence-corrected chi connectivity index (χ0v) is 19.7. The molecule has 4 rings (SSSR count). The van der Waals surface area contributed by atoms with Gasteiger partial charge in [-0.05, 0) is 30.0 Å². The molecule has 0 bridgehead atoms. The zero-order chi connectivity index (χ0) is 23.3. The molecule has 1 spiro atoms. The van der Waals surface area contributed by atoms with E-state index in [1.807, 2.05) is 66.7 Å². The van der Waals surface area contributed by atoms with Crippen LogP contribution >= 0.6 is 11.6 Å². The lowest BCUT2D eigenvalue weighted by Gasteiger charge is -2.42. The molecule has 2 aromatic rings. The van der Waals surface area contributed by atoms with Gasteiger partial charge in [0.1, 0.15) is 5.54 Å². The van der Waals surface area contributed by atoms with Gasteiger partial charge >= 0.3 is 6.03 Å². The van der Waals surface area contributed by atoms with Crippen molar-refractivity contribution in [2.24, 2.45) is 0 Å². The van der Waals surface area contributed by atoms with Crippen molar-refractivity contribution < 1.29 is 14.3 Å². The summed E-state index contributed by atoms with van der Waals surface area (Å²) in [4.78, 5) is 32.2. The van der Waals surface area contributed by atoms with E-state index < -0.39 is 5.54 Å². The molecule has 0 aromatic heterocycles. The number of amides is 3. The number of ether oxygens (including phenoxy) is 1. The number of hydrogen-bond donors (Lipinski definition) is 0. The van der Waals surface area contributed by atoms with E-state index in [4.69, 9.17) is 16.3 Å². The van der Waals surface area contributed by atoms with Crippen LogP contribution in [0, 0.1) is 0 Å². The lowest BCUT2D eigenvalue weighted by Crippen LogP contribution is -2.56. The van der Waals surface area contributed by atoms with Crippen molar-refractivity contribution >= 4 is 29.6 Å². The summed E-state index contributed by atoms with van der Waals surface area (Å²) in [6, 6.07) is 19.6. The molecule has 2 saturated heterocycles. The predicted octanol–water partition coefficient (Wildman–Crippen LogP) is 4.21. The van der Waals surface area contributed by atoms with E-state index in [9.17, 15) is 9.59 Å². The molecule has 0 N–H and O–H groups in total. The first-order chi connectivity index (χ1) is 16.0. The molecule has 0 atom stereocenters. The highest BCUT2D eigenvalue weighted by atomic mass is 35.5. The van der Waals surface area contributed by atoms with Crippen LogP contribution in [0.15, 0.2) is 65.7 Å². The third kappa shape index (κ3) is 5.13. The van der Waals surface area contributed by atoms with Gasteiger partial charge in [0.15, 0.2) is 0 Å². The molecule has 2 aliphatic heterocycles. The second-order valence-electron chi connectivity index (χ2n) is 8.61. The van der Waals surface area contributed by atoms with Gasteiger partial charge in [-0.3, -0.25) is 14.6 Å². The van der Waals surface area contributed by atoms with Gasteiger partial charge in [-0.15, -0.1) is 0 Å². The number of urea groups is 1. The van der Waals surface area contributed by atoms with Crippen molar-refractivity contribution in [3.8, 4) is 0 Å². The van der Waals surface area contributed by atoms with E-state index >= 15 is 0 Å². The Morgan fingerprint density at radius 2 is 1.67 bits per heavy atom. The molecule has 6 nitrogen and oxygen atoms in total. The fourth-order valence-electron chi connectivity index (χ4n) is 4.70. The van der Waals surface area contributed by atoms with Gasteiger partial charge < -0.3 is 9.64 Å². The van der Waals surface area contributed by atoms with Crippen LogP contribution in [-0.2, 0) is 16.1 Å². The van der Waals surface area contributed by atoms with Crippen LogP contribution in [-0.4, -0.2) is 72.1 Å². The molecule has 0 unspecified atom stereocenters. The predicted molar refractivity (Wildman–Crippen MR) is 130 cm³/mol. The van der Waals surface area contributed by atoms with Gasteiger partial charge in [-0.2, -0.15) is 0 Å². The fourth-order valence-corrected chi connectivity index (χ4v) is 5.00. The maximum Gasteiger partial charge on any atom is 0.328 e. The van der Waals surface area contributed by atoms with E-state index in [-0.39, 0.29) is 18.5 Å². The van der Waals surface area contributed by atoms with E-state index in [1.54, 1.807) is 12.0 Å². The van der Waals surface area contributed by atoms with Gasteiger partial charge in [0.05, 0.1) is 13.2 Å². The Balaban J connectivity index is 1.49. The lowest BCUT2D eigenvalue weighted by atomic mass is 9.85. The second-order valence-corrected chi connectivity index (χ2v) is 9.10. The Hall–Kier alpha value is -2.67. The first-order valence-corrected chi connectivity index (χ1v) is 11.7. The van der Waals surface area contributed by atoms with Crippen molar-refractivity contribution in [2.45, 2.75) is 24.9 Å². The number of carbonyl (C=O) groups excluding carboxylic acids is 2. The van der Waals surface area contributed by atoms with E-state index in [2.05, 4.69) is 4.90 Å². The number of benzene rings is 2. The molecule has 174 valence electrons. The Bertz CT molecular complexity index is 988. The zero-order valence-electron chi connectivity index (χ0n) is 19.0. The van der Waals surface area contributed by atoms with E-state index in [0.29, 0.717) is 45.6 Å². The van der Waals surface area contributed by atoms with Crippen LogP contribution in [0.3, 0.4) is 0 Å². The van der Waals surface area contributed by atoms with Crippen molar-refractivity contribution in [3.05, 3.63) is 76.8 Å². The molecule has 7 heteroatoms. The molecule has 2 aromatic carbocycles. The molecule has 33 heavy (non-hydrogen) atoms. The topological polar surface area (TPSA) is 53.1 Å². The van der Waals surface area contributed by atoms with Gasteiger partial charge in [0.2, 0.25) is 0 Å². The maximum absolute atomic E-state index is 13.5. The number of piperidine rings is 1. The Labute approximate surface area is 200 Å². The maximum atomic E-state index is 13.5. The van der Waals surface area contributed by atoms with Crippen LogP contribution < -0.4 is 0 Å². The van der Waals surface area contributed by atoms with Gasteiger partial charge in [-0.1, -0.05) is 72.3 Å². The third-order valence-electron chi connectivity index (χ3n) is 6.50. The quantitative estimate of drug-likeness (QED) is 0.546. The summed E-state index contributed by atoms with van der Waals surface area (Å²) in [7, 11) is 1.58. The fraction of sp³-hybridized carbons (Fsp3) is 0.385. The minimum Gasteiger partial charge on any atom is -0.383 e. The van der Waals surface area contributed by atoms with Gasteiger partial charge in [-0.25, -0.2) is 4.79 Å². The van der Waals surface area contributed by atoms with Crippen molar-refractivity contribution in [2.75, 3.05) is 39.9 Å². The summed E-state index contributed by atoms with van der Waals surface area (Å²) in [5.41, 5.74) is 1.27. The van der Waals surface area contributed by atoms with E-state index in [1.165, 1.54) is 4.90 Å². The Morgan fingerprint density at radius 3 is 2.30 bits per heavy atom. The highest BCUT2D eigenvalue weighted by molar-refractivity contribution is 6.31. The minimum atomic E-state index is -0.813. The molecule has 2 fully saturated rings. The highest BCUT2D eigenvalue weighted by Gasteiger charge is 2.57. The average Bonchev–Trinajstić information content (AvgIpc) is 3.01. The number of likely N-dealkylation sites (tertiary alicyclic amines) is 1. The normalized spacial score (nSPS) is 19.0. The summed E-state index contributed by atoms with van der Waals surface area (Å²) in [5.74, 6) is -0.106. The molecular formula is C26H30ClN3O3. The number of carbonyl (C=O) groups is 2. The number of methoxy groups -OCH3 is 1. The largest absolute Gasteiger partial charge is 0.383 e. The Kier molecular flexibility index (Phi) is 7.48. The summed E-state index contributed by atoms with van der Waals surface area (Å²) in [6.45, 7) is 3.04. The van der Waals surface area contributed by atoms with Crippen LogP contribution in [0.2, 0.25) is 0 Å². The SMILES string of the molecule is COCCN1C(=O)N(Cc2ccccc2)C2(CCN(C/C(Cl)=C/c3ccccc3)CC2)C1=O.